The molecule has 1 aliphatic heterocycles. The lowest BCUT2D eigenvalue weighted by molar-refractivity contribution is -0.136. The molecule has 7 heteroatoms. The third-order valence-electron chi connectivity index (χ3n) is 3.44. The number of sulfone groups is 1. The summed E-state index contributed by atoms with van der Waals surface area (Å²) in [5.74, 6) is -0.191. The maximum atomic E-state index is 12.3. The first kappa shape index (κ1) is 18.4. The van der Waals surface area contributed by atoms with E-state index < -0.39 is 9.84 Å². The van der Waals surface area contributed by atoms with Gasteiger partial charge in [0.15, 0.2) is 9.84 Å². The van der Waals surface area contributed by atoms with E-state index in [0.717, 1.165) is 0 Å². The summed E-state index contributed by atoms with van der Waals surface area (Å²) in [4.78, 5) is 13.9. The highest BCUT2D eigenvalue weighted by atomic mass is 35.5. The molecular weight excluding hydrogens is 288 g/mol. The number of amides is 1. The zero-order valence-electron chi connectivity index (χ0n) is 11.4. The van der Waals surface area contributed by atoms with Crippen molar-refractivity contribution >= 4 is 28.2 Å². The van der Waals surface area contributed by atoms with Crippen molar-refractivity contribution in [3.05, 3.63) is 12.7 Å². The Morgan fingerprint density at radius 3 is 2.47 bits per heavy atom. The maximum absolute atomic E-state index is 12.3. The van der Waals surface area contributed by atoms with Gasteiger partial charge in [-0.15, -0.1) is 19.0 Å². The van der Waals surface area contributed by atoms with Gasteiger partial charge >= 0.3 is 0 Å². The zero-order valence-corrected chi connectivity index (χ0v) is 13.0. The number of rotatable bonds is 5. The molecule has 0 aromatic heterocycles. The Balaban J connectivity index is 0.00000324. The molecule has 0 aliphatic carbocycles. The van der Waals surface area contributed by atoms with Crippen LogP contribution in [0.5, 0.6) is 0 Å². The second-order valence-electron chi connectivity index (χ2n) is 4.98. The van der Waals surface area contributed by atoms with Crippen LogP contribution in [-0.4, -0.2) is 49.4 Å². The highest BCUT2D eigenvalue weighted by Gasteiger charge is 2.35. The summed E-state index contributed by atoms with van der Waals surface area (Å²) in [6.45, 7) is 7.54. The van der Waals surface area contributed by atoms with Crippen LogP contribution in [0.2, 0.25) is 0 Å². The molecule has 0 aromatic carbocycles. The van der Waals surface area contributed by atoms with Crippen LogP contribution < -0.4 is 5.73 Å². The van der Waals surface area contributed by atoms with E-state index in [4.69, 9.17) is 5.73 Å². The molecule has 5 nitrogen and oxygen atoms in total. The highest BCUT2D eigenvalue weighted by molar-refractivity contribution is 7.91. The second kappa shape index (κ2) is 7.26. The van der Waals surface area contributed by atoms with Gasteiger partial charge in [-0.25, -0.2) is 8.42 Å². The molecule has 1 rings (SSSR count). The first-order chi connectivity index (χ1) is 8.28. The molecule has 1 amide bonds. The average Bonchev–Trinajstić information content (AvgIpc) is 2.64. The van der Waals surface area contributed by atoms with E-state index in [0.29, 0.717) is 13.0 Å². The third-order valence-corrected chi connectivity index (χ3v) is 5.19. The molecule has 0 aromatic rings. The molecule has 19 heavy (non-hydrogen) atoms. The summed E-state index contributed by atoms with van der Waals surface area (Å²) < 4.78 is 23.0. The van der Waals surface area contributed by atoms with Crippen LogP contribution in [0.4, 0.5) is 0 Å². The largest absolute Gasteiger partial charge is 0.335 e. The summed E-state index contributed by atoms with van der Waals surface area (Å²) in [6.07, 6.45) is 2.13. The molecule has 3 atom stereocenters. The molecule has 1 aliphatic rings. The van der Waals surface area contributed by atoms with E-state index in [1.54, 1.807) is 24.8 Å². The average molecular weight is 311 g/mol. The topological polar surface area (TPSA) is 80.5 Å². The van der Waals surface area contributed by atoms with Crippen LogP contribution in [0.15, 0.2) is 12.7 Å². The molecule has 2 N–H and O–H groups in total. The lowest BCUT2D eigenvalue weighted by atomic mass is 10.0. The van der Waals surface area contributed by atoms with E-state index in [2.05, 4.69) is 6.58 Å². The Bertz CT molecular complexity index is 423. The summed E-state index contributed by atoms with van der Waals surface area (Å²) in [7, 11) is -3.00. The first-order valence-electron chi connectivity index (χ1n) is 6.16. The Hall–Kier alpha value is -0.590. The molecule has 0 radical (unpaired) electrons. The van der Waals surface area contributed by atoms with Crippen LogP contribution in [0.1, 0.15) is 20.3 Å². The SMILES string of the molecule is C=CCN(C(=O)C(C)C(C)N)C1CCS(=O)(=O)C1.Cl. The Morgan fingerprint density at radius 1 is 1.53 bits per heavy atom. The van der Waals surface area contributed by atoms with Crippen LogP contribution in [0.3, 0.4) is 0 Å². The van der Waals surface area contributed by atoms with Gasteiger partial charge in [0.05, 0.1) is 17.4 Å². The summed E-state index contributed by atoms with van der Waals surface area (Å²) in [5, 5.41) is 0. The van der Waals surface area contributed by atoms with Gasteiger partial charge in [-0.3, -0.25) is 4.79 Å². The predicted octanol–water partition coefficient (Wildman–Crippen LogP) is 0.593. The minimum atomic E-state index is -3.00. The van der Waals surface area contributed by atoms with Gasteiger partial charge in [0, 0.05) is 18.6 Å². The summed E-state index contributed by atoms with van der Waals surface area (Å²) in [6, 6.07) is -0.482. The number of nitrogens with zero attached hydrogens (tertiary/aromatic N) is 1. The van der Waals surface area contributed by atoms with Gasteiger partial charge in [0.2, 0.25) is 5.91 Å². The third kappa shape index (κ3) is 4.78. The number of carbonyl (C=O) groups is 1. The molecule has 1 saturated heterocycles. The smallest absolute Gasteiger partial charge is 0.227 e. The number of hydrogen-bond acceptors (Lipinski definition) is 4. The maximum Gasteiger partial charge on any atom is 0.227 e. The number of nitrogens with two attached hydrogens (primary N) is 1. The van der Waals surface area contributed by atoms with Crippen LogP contribution in [-0.2, 0) is 14.6 Å². The van der Waals surface area contributed by atoms with Crippen molar-refractivity contribution in [2.24, 2.45) is 11.7 Å². The molecule has 1 fully saturated rings. The van der Waals surface area contributed by atoms with Crippen molar-refractivity contribution in [2.75, 3.05) is 18.1 Å². The Kier molecular flexibility index (Phi) is 7.04. The fourth-order valence-corrected chi connectivity index (χ4v) is 3.80. The molecular formula is C12H23ClN2O3S. The van der Waals surface area contributed by atoms with Crippen molar-refractivity contribution in [1.29, 1.82) is 0 Å². The van der Waals surface area contributed by atoms with E-state index in [-0.39, 0.29) is 47.8 Å². The van der Waals surface area contributed by atoms with Gasteiger partial charge < -0.3 is 10.6 Å². The van der Waals surface area contributed by atoms with Crippen molar-refractivity contribution in [1.82, 2.24) is 4.90 Å². The quantitative estimate of drug-likeness (QED) is 0.754. The fourth-order valence-electron chi connectivity index (χ4n) is 2.07. The molecule has 0 saturated carbocycles. The van der Waals surface area contributed by atoms with Crippen LogP contribution in [0, 0.1) is 5.92 Å². The lowest BCUT2D eigenvalue weighted by Crippen LogP contribution is -2.47. The van der Waals surface area contributed by atoms with E-state index >= 15 is 0 Å². The molecule has 1 heterocycles. The summed E-state index contributed by atoms with van der Waals surface area (Å²) in [5.41, 5.74) is 5.73. The van der Waals surface area contributed by atoms with Gasteiger partial charge in [-0.2, -0.15) is 0 Å². The monoisotopic (exact) mass is 310 g/mol. The van der Waals surface area contributed by atoms with Gasteiger partial charge in [0.25, 0.3) is 0 Å². The first-order valence-corrected chi connectivity index (χ1v) is 7.98. The normalized spacial score (nSPS) is 24.1. The number of hydrogen-bond donors (Lipinski definition) is 1. The molecule has 112 valence electrons. The highest BCUT2D eigenvalue weighted by Crippen LogP contribution is 2.20. The second-order valence-corrected chi connectivity index (χ2v) is 7.21. The van der Waals surface area contributed by atoms with E-state index in [9.17, 15) is 13.2 Å². The van der Waals surface area contributed by atoms with Crippen molar-refractivity contribution in [2.45, 2.75) is 32.4 Å². The minimum Gasteiger partial charge on any atom is -0.335 e. The Morgan fingerprint density at radius 2 is 2.11 bits per heavy atom. The van der Waals surface area contributed by atoms with Crippen molar-refractivity contribution in [3.63, 3.8) is 0 Å². The van der Waals surface area contributed by atoms with E-state index in [1.807, 2.05) is 0 Å². The standard InChI is InChI=1S/C12H22N2O3S.ClH/c1-4-6-14(12(15)9(2)10(3)13)11-5-7-18(16,17)8-11;/h4,9-11H,1,5-8,13H2,2-3H3;1H. The zero-order chi connectivity index (χ0) is 13.9. The molecule has 0 spiro atoms. The van der Waals surface area contributed by atoms with Crippen molar-refractivity contribution in [3.8, 4) is 0 Å². The Labute approximate surface area is 121 Å². The van der Waals surface area contributed by atoms with Crippen LogP contribution >= 0.6 is 12.4 Å². The van der Waals surface area contributed by atoms with Gasteiger partial charge in [-0.1, -0.05) is 13.0 Å². The lowest BCUT2D eigenvalue weighted by Gasteiger charge is -2.30. The number of carbonyl (C=O) groups excluding carboxylic acids is 1. The predicted molar refractivity (Wildman–Crippen MR) is 79.0 cm³/mol. The van der Waals surface area contributed by atoms with Crippen LogP contribution in [0.25, 0.3) is 0 Å². The number of halogens is 1. The van der Waals surface area contributed by atoms with Gasteiger partial charge in [-0.05, 0) is 13.3 Å². The van der Waals surface area contributed by atoms with Crippen molar-refractivity contribution < 1.29 is 13.2 Å². The van der Waals surface area contributed by atoms with E-state index in [1.165, 1.54) is 0 Å². The molecule has 3 unspecified atom stereocenters. The van der Waals surface area contributed by atoms with Gasteiger partial charge in [0.1, 0.15) is 0 Å². The molecule has 0 bridgehead atoms. The summed E-state index contributed by atoms with van der Waals surface area (Å²) >= 11 is 0. The minimum absolute atomic E-state index is 0. The fraction of sp³-hybridized carbons (Fsp3) is 0.750.